The molecule has 0 spiro atoms. The van der Waals surface area contributed by atoms with Gasteiger partial charge in [-0.25, -0.2) is 0 Å². The van der Waals surface area contributed by atoms with Crippen LogP contribution in [0.2, 0.25) is 0 Å². The molecule has 4 heteroatoms. The second-order valence-corrected chi connectivity index (χ2v) is 4.10. The van der Waals surface area contributed by atoms with Crippen molar-refractivity contribution in [2.45, 2.75) is 19.3 Å². The van der Waals surface area contributed by atoms with Gasteiger partial charge in [0.25, 0.3) is 0 Å². The van der Waals surface area contributed by atoms with Crippen molar-refractivity contribution < 1.29 is 14.3 Å². The lowest BCUT2D eigenvalue weighted by atomic mass is 9.82. The summed E-state index contributed by atoms with van der Waals surface area (Å²) in [5, 5.41) is 2.66. The molecule has 0 saturated heterocycles. The number of nitrogens with one attached hydrogen (secondary N) is 1. The summed E-state index contributed by atoms with van der Waals surface area (Å²) in [6, 6.07) is 9.27. The number of carbonyl (C=O) groups is 2. The predicted molar refractivity (Wildman–Crippen MR) is 64.5 cm³/mol. The molecule has 0 aliphatic carbocycles. The highest BCUT2D eigenvalue weighted by molar-refractivity contribution is 5.84. The van der Waals surface area contributed by atoms with Gasteiger partial charge in [-0.1, -0.05) is 30.3 Å². The van der Waals surface area contributed by atoms with E-state index >= 15 is 0 Å². The molecule has 4 nitrogen and oxygen atoms in total. The van der Waals surface area contributed by atoms with Crippen molar-refractivity contribution in [2.75, 3.05) is 13.7 Å². The minimum atomic E-state index is -0.859. The third kappa shape index (κ3) is 3.06. The van der Waals surface area contributed by atoms with Gasteiger partial charge in [0.1, 0.15) is 5.41 Å². The summed E-state index contributed by atoms with van der Waals surface area (Å²) in [6.07, 6.45) is 0. The Morgan fingerprint density at radius 3 is 2.35 bits per heavy atom. The van der Waals surface area contributed by atoms with Gasteiger partial charge in [-0.05, 0) is 12.5 Å². The molecule has 0 heterocycles. The first-order valence-electron chi connectivity index (χ1n) is 5.39. The van der Waals surface area contributed by atoms with Crippen molar-refractivity contribution in [3.63, 3.8) is 0 Å². The van der Waals surface area contributed by atoms with Crippen LogP contribution in [-0.4, -0.2) is 25.5 Å². The van der Waals surface area contributed by atoms with E-state index in [9.17, 15) is 9.59 Å². The molecule has 0 unspecified atom stereocenters. The zero-order chi connectivity index (χ0) is 12.9. The molecular formula is C13H17NO3. The molecular weight excluding hydrogens is 218 g/mol. The molecule has 1 aromatic carbocycles. The van der Waals surface area contributed by atoms with E-state index in [4.69, 9.17) is 4.74 Å². The van der Waals surface area contributed by atoms with Gasteiger partial charge in [-0.3, -0.25) is 9.59 Å². The first-order valence-corrected chi connectivity index (χ1v) is 5.39. The molecule has 0 bridgehead atoms. The van der Waals surface area contributed by atoms with Gasteiger partial charge in [0.05, 0.1) is 7.11 Å². The van der Waals surface area contributed by atoms with Crippen LogP contribution >= 0.6 is 0 Å². The molecule has 1 rings (SSSR count). The number of benzene rings is 1. The van der Waals surface area contributed by atoms with Gasteiger partial charge in [-0.2, -0.15) is 0 Å². The number of methoxy groups -OCH3 is 1. The van der Waals surface area contributed by atoms with Crippen LogP contribution in [-0.2, 0) is 19.7 Å². The highest BCUT2D eigenvalue weighted by atomic mass is 16.5. The molecule has 0 aliphatic rings. The Morgan fingerprint density at radius 1 is 1.29 bits per heavy atom. The number of esters is 1. The summed E-state index contributed by atoms with van der Waals surface area (Å²) in [4.78, 5) is 22.8. The average Bonchev–Trinajstić information content (AvgIpc) is 2.36. The van der Waals surface area contributed by atoms with E-state index in [0.717, 1.165) is 5.56 Å². The minimum absolute atomic E-state index is 0.170. The lowest BCUT2D eigenvalue weighted by Gasteiger charge is -2.27. The summed E-state index contributed by atoms with van der Waals surface area (Å²) in [5.74, 6) is -0.534. The first kappa shape index (κ1) is 13.2. The predicted octanol–water partition coefficient (Wildman–Crippen LogP) is 1.25. The number of hydrogen-bond donors (Lipinski definition) is 1. The Kier molecular flexibility index (Phi) is 4.26. The van der Waals surface area contributed by atoms with Crippen LogP contribution in [0, 0.1) is 0 Å². The summed E-state index contributed by atoms with van der Waals surface area (Å²) in [5.41, 5.74) is -0.0394. The molecule has 1 amide bonds. The average molecular weight is 235 g/mol. The number of ether oxygens (including phenoxy) is 1. The van der Waals surface area contributed by atoms with Crippen molar-refractivity contribution in [1.82, 2.24) is 5.32 Å². The molecule has 0 fully saturated rings. The fourth-order valence-corrected chi connectivity index (χ4v) is 1.62. The van der Waals surface area contributed by atoms with Gasteiger partial charge in [0, 0.05) is 13.5 Å². The van der Waals surface area contributed by atoms with Gasteiger partial charge in [-0.15, -0.1) is 0 Å². The first-order chi connectivity index (χ1) is 8.00. The van der Waals surface area contributed by atoms with Crippen molar-refractivity contribution in [3.8, 4) is 0 Å². The van der Waals surface area contributed by atoms with Gasteiger partial charge >= 0.3 is 5.97 Å². The molecule has 0 radical (unpaired) electrons. The highest BCUT2D eigenvalue weighted by Gasteiger charge is 2.36. The second-order valence-electron chi connectivity index (χ2n) is 4.10. The lowest BCUT2D eigenvalue weighted by molar-refractivity contribution is -0.146. The maximum atomic E-state index is 11.9. The van der Waals surface area contributed by atoms with Crippen molar-refractivity contribution >= 4 is 11.9 Å². The Morgan fingerprint density at radius 2 is 1.88 bits per heavy atom. The van der Waals surface area contributed by atoms with Crippen LogP contribution in [0.5, 0.6) is 0 Å². The summed E-state index contributed by atoms with van der Waals surface area (Å²) >= 11 is 0. The standard InChI is InChI=1S/C13H17NO3/c1-10(15)14-9-13(2,12(16)17-3)11-7-5-4-6-8-11/h4-8H,9H2,1-3H3,(H,14,15)/t13-/m1/s1. The maximum Gasteiger partial charge on any atom is 0.317 e. The Balaban J connectivity index is 3.02. The van der Waals surface area contributed by atoms with Crippen molar-refractivity contribution in [1.29, 1.82) is 0 Å². The van der Waals surface area contributed by atoms with E-state index in [1.807, 2.05) is 30.3 Å². The maximum absolute atomic E-state index is 11.9. The highest BCUT2D eigenvalue weighted by Crippen LogP contribution is 2.24. The molecule has 0 aliphatic heterocycles. The monoisotopic (exact) mass is 235 g/mol. The number of amides is 1. The number of carbonyl (C=O) groups excluding carboxylic acids is 2. The van der Waals surface area contributed by atoms with E-state index in [0.29, 0.717) is 0 Å². The van der Waals surface area contributed by atoms with Crippen LogP contribution < -0.4 is 5.32 Å². The minimum Gasteiger partial charge on any atom is -0.468 e. The van der Waals surface area contributed by atoms with E-state index in [2.05, 4.69) is 5.32 Å². The topological polar surface area (TPSA) is 55.4 Å². The van der Waals surface area contributed by atoms with Crippen LogP contribution in [0.1, 0.15) is 19.4 Å². The fourth-order valence-electron chi connectivity index (χ4n) is 1.62. The van der Waals surface area contributed by atoms with Crippen LogP contribution in [0.15, 0.2) is 30.3 Å². The van der Waals surface area contributed by atoms with Gasteiger partial charge in [0.15, 0.2) is 0 Å². The van der Waals surface area contributed by atoms with Crippen LogP contribution in [0.25, 0.3) is 0 Å². The van der Waals surface area contributed by atoms with E-state index in [-0.39, 0.29) is 18.4 Å². The molecule has 0 saturated carbocycles. The van der Waals surface area contributed by atoms with Crippen molar-refractivity contribution in [3.05, 3.63) is 35.9 Å². The molecule has 1 atom stereocenters. The Labute approximate surface area is 101 Å². The number of rotatable bonds is 4. The lowest BCUT2D eigenvalue weighted by Crippen LogP contribution is -2.44. The summed E-state index contributed by atoms with van der Waals surface area (Å²) in [7, 11) is 1.34. The smallest absolute Gasteiger partial charge is 0.317 e. The van der Waals surface area contributed by atoms with Crippen LogP contribution in [0.3, 0.4) is 0 Å². The molecule has 92 valence electrons. The molecule has 17 heavy (non-hydrogen) atoms. The third-order valence-electron chi connectivity index (χ3n) is 2.74. The molecule has 1 N–H and O–H groups in total. The zero-order valence-corrected chi connectivity index (χ0v) is 10.3. The third-order valence-corrected chi connectivity index (χ3v) is 2.74. The van der Waals surface area contributed by atoms with E-state index in [1.54, 1.807) is 6.92 Å². The molecule has 1 aromatic rings. The SMILES string of the molecule is COC(=O)[C@](C)(CNC(C)=O)c1ccccc1. The van der Waals surface area contributed by atoms with E-state index < -0.39 is 5.41 Å². The Hall–Kier alpha value is -1.84. The largest absolute Gasteiger partial charge is 0.468 e. The Bertz CT molecular complexity index is 402. The summed E-state index contributed by atoms with van der Waals surface area (Å²) < 4.78 is 4.81. The molecule has 0 aromatic heterocycles. The summed E-state index contributed by atoms with van der Waals surface area (Å²) in [6.45, 7) is 3.39. The zero-order valence-electron chi connectivity index (χ0n) is 10.3. The second kappa shape index (κ2) is 5.48. The van der Waals surface area contributed by atoms with Crippen LogP contribution in [0.4, 0.5) is 0 Å². The van der Waals surface area contributed by atoms with Gasteiger partial charge < -0.3 is 10.1 Å². The van der Waals surface area contributed by atoms with Crippen molar-refractivity contribution in [2.24, 2.45) is 0 Å². The quantitative estimate of drug-likeness (QED) is 0.799. The fraction of sp³-hybridized carbons (Fsp3) is 0.385. The normalized spacial score (nSPS) is 13.6. The van der Waals surface area contributed by atoms with E-state index in [1.165, 1.54) is 14.0 Å². The number of hydrogen-bond acceptors (Lipinski definition) is 3. The van der Waals surface area contributed by atoms with Gasteiger partial charge in [0.2, 0.25) is 5.91 Å².